The zero-order valence-corrected chi connectivity index (χ0v) is 8.22. The highest BCUT2D eigenvalue weighted by molar-refractivity contribution is 5.07. The zero-order valence-electron chi connectivity index (χ0n) is 8.22. The molecule has 2 unspecified atom stereocenters. The van der Waals surface area contributed by atoms with Crippen LogP contribution in [-0.4, -0.2) is 17.8 Å². The summed E-state index contributed by atoms with van der Waals surface area (Å²) in [6.45, 7) is 11.2. The van der Waals surface area contributed by atoms with Gasteiger partial charge in [-0.15, -0.1) is 0 Å². The maximum Gasteiger partial charge on any atom is 0.0719 e. The molecule has 0 aliphatic carbocycles. The molecular weight excluding hydrogens is 150 g/mol. The maximum atomic E-state index is 9.46. The molecule has 1 rings (SSSR count). The molecule has 0 aromatic carbocycles. The summed E-state index contributed by atoms with van der Waals surface area (Å²) in [6.07, 6.45) is 0.634. The molecule has 1 heterocycles. The number of hydrogen-bond donors (Lipinski definition) is 2. The van der Waals surface area contributed by atoms with Crippen molar-refractivity contribution in [1.29, 1.82) is 0 Å². The zero-order chi connectivity index (χ0) is 9.35. The Balaban J connectivity index is 2.68. The average Bonchev–Trinajstić information content (AvgIpc) is 1.92. The summed E-state index contributed by atoms with van der Waals surface area (Å²) in [6, 6.07) is 0. The first-order valence-electron chi connectivity index (χ1n) is 4.52. The van der Waals surface area contributed by atoms with Gasteiger partial charge in [-0.2, -0.15) is 0 Å². The van der Waals surface area contributed by atoms with Gasteiger partial charge in [0.15, 0.2) is 0 Å². The minimum Gasteiger partial charge on any atom is -0.391 e. The molecule has 12 heavy (non-hydrogen) atoms. The molecule has 2 heteroatoms. The van der Waals surface area contributed by atoms with Crippen molar-refractivity contribution in [3.8, 4) is 0 Å². The number of rotatable bonds is 0. The van der Waals surface area contributed by atoms with Gasteiger partial charge in [0.25, 0.3) is 0 Å². The first kappa shape index (κ1) is 9.59. The van der Waals surface area contributed by atoms with Crippen LogP contribution in [0.1, 0.15) is 27.2 Å². The number of nitrogens with one attached hydrogen (secondary N) is 1. The van der Waals surface area contributed by atoms with Gasteiger partial charge in [-0.05, 0) is 11.8 Å². The van der Waals surface area contributed by atoms with Crippen LogP contribution in [0.15, 0.2) is 12.3 Å². The Kier molecular flexibility index (Phi) is 2.47. The van der Waals surface area contributed by atoms with E-state index in [-0.39, 0.29) is 11.5 Å². The molecular formula is C10H19NO. The summed E-state index contributed by atoms with van der Waals surface area (Å²) in [4.78, 5) is 0. The van der Waals surface area contributed by atoms with Crippen LogP contribution in [0.25, 0.3) is 0 Å². The van der Waals surface area contributed by atoms with Gasteiger partial charge in [-0.3, -0.25) is 0 Å². The second-order valence-corrected chi connectivity index (χ2v) is 4.71. The molecule has 1 fully saturated rings. The summed E-state index contributed by atoms with van der Waals surface area (Å²) in [7, 11) is 0. The van der Waals surface area contributed by atoms with E-state index in [9.17, 15) is 5.11 Å². The van der Waals surface area contributed by atoms with Crippen LogP contribution in [0, 0.1) is 11.3 Å². The number of piperidine rings is 1. The van der Waals surface area contributed by atoms with Crippen molar-refractivity contribution >= 4 is 0 Å². The third-order valence-electron chi connectivity index (χ3n) is 2.54. The van der Waals surface area contributed by atoms with Crippen molar-refractivity contribution in [3.05, 3.63) is 12.3 Å². The lowest BCUT2D eigenvalue weighted by Crippen LogP contribution is -2.41. The number of hydrogen-bond acceptors (Lipinski definition) is 2. The van der Waals surface area contributed by atoms with Crippen LogP contribution < -0.4 is 5.32 Å². The van der Waals surface area contributed by atoms with E-state index in [2.05, 4.69) is 32.7 Å². The summed E-state index contributed by atoms with van der Waals surface area (Å²) in [5.74, 6) is 0.390. The smallest absolute Gasteiger partial charge is 0.0719 e. The molecule has 1 saturated heterocycles. The fourth-order valence-corrected chi connectivity index (χ4v) is 1.75. The molecule has 0 amide bonds. The third-order valence-corrected chi connectivity index (χ3v) is 2.54. The van der Waals surface area contributed by atoms with E-state index >= 15 is 0 Å². The summed E-state index contributed by atoms with van der Waals surface area (Å²) in [5, 5.41) is 12.6. The quantitative estimate of drug-likeness (QED) is 0.576. The molecule has 2 atom stereocenters. The number of allylic oxidation sites excluding steroid dienone is 1. The van der Waals surface area contributed by atoms with E-state index in [1.54, 1.807) is 0 Å². The van der Waals surface area contributed by atoms with E-state index < -0.39 is 0 Å². The van der Waals surface area contributed by atoms with E-state index in [1.807, 2.05) is 0 Å². The van der Waals surface area contributed by atoms with Crippen molar-refractivity contribution in [2.45, 2.75) is 33.3 Å². The fraction of sp³-hybridized carbons (Fsp3) is 0.800. The average molecular weight is 169 g/mol. The minimum absolute atomic E-state index is 0.200. The van der Waals surface area contributed by atoms with Gasteiger partial charge in [-0.1, -0.05) is 27.4 Å². The molecule has 0 spiro atoms. The highest BCUT2D eigenvalue weighted by Gasteiger charge is 2.32. The summed E-state index contributed by atoms with van der Waals surface area (Å²) in [5.41, 5.74) is 1.28. The Labute approximate surface area is 74.7 Å². The van der Waals surface area contributed by atoms with Crippen molar-refractivity contribution in [1.82, 2.24) is 5.32 Å². The molecule has 0 bridgehead atoms. The number of aliphatic hydroxyl groups excluding tert-OH is 1. The second-order valence-electron chi connectivity index (χ2n) is 4.71. The maximum absolute atomic E-state index is 9.46. The Morgan fingerprint density at radius 3 is 2.50 bits per heavy atom. The van der Waals surface area contributed by atoms with Crippen LogP contribution in [0.4, 0.5) is 0 Å². The molecule has 0 saturated carbocycles. The molecule has 70 valence electrons. The van der Waals surface area contributed by atoms with E-state index in [0.717, 1.165) is 12.1 Å². The van der Waals surface area contributed by atoms with Gasteiger partial charge in [-0.25, -0.2) is 0 Å². The molecule has 2 nitrogen and oxygen atoms in total. The normalized spacial score (nSPS) is 31.5. The van der Waals surface area contributed by atoms with Crippen LogP contribution in [0.3, 0.4) is 0 Å². The number of β-amino-alcohol motifs (C(OH)–C–C–N with tert-alkyl or cyclic N) is 1. The fourth-order valence-electron chi connectivity index (χ4n) is 1.75. The van der Waals surface area contributed by atoms with Gasteiger partial charge >= 0.3 is 0 Å². The standard InChI is InChI=1S/C10H19NO/c1-7-9(10(2,3)4)5-8(12)6-11-7/h8-9,11-12H,1,5-6H2,2-4H3. The van der Waals surface area contributed by atoms with E-state index in [1.165, 1.54) is 0 Å². The van der Waals surface area contributed by atoms with Crippen LogP contribution in [0.5, 0.6) is 0 Å². The minimum atomic E-state index is -0.209. The largest absolute Gasteiger partial charge is 0.391 e. The SMILES string of the molecule is C=C1NCC(O)CC1C(C)(C)C. The van der Waals surface area contributed by atoms with Gasteiger partial charge in [0, 0.05) is 18.2 Å². The Morgan fingerprint density at radius 1 is 1.50 bits per heavy atom. The van der Waals surface area contributed by atoms with Crippen molar-refractivity contribution in [2.75, 3.05) is 6.54 Å². The predicted molar refractivity (Wildman–Crippen MR) is 50.7 cm³/mol. The molecule has 0 aromatic rings. The molecule has 1 aliphatic heterocycles. The summed E-state index contributed by atoms with van der Waals surface area (Å²) < 4.78 is 0. The first-order chi connectivity index (χ1) is 5.41. The van der Waals surface area contributed by atoms with E-state index in [4.69, 9.17) is 0 Å². The van der Waals surface area contributed by atoms with Gasteiger partial charge in [0.05, 0.1) is 6.10 Å². The van der Waals surface area contributed by atoms with Crippen LogP contribution in [-0.2, 0) is 0 Å². The predicted octanol–water partition coefficient (Wildman–Crippen LogP) is 1.52. The van der Waals surface area contributed by atoms with Gasteiger partial charge < -0.3 is 10.4 Å². The van der Waals surface area contributed by atoms with Gasteiger partial charge in [0.1, 0.15) is 0 Å². The second kappa shape index (κ2) is 3.09. The first-order valence-corrected chi connectivity index (χ1v) is 4.52. The monoisotopic (exact) mass is 169 g/mol. The van der Waals surface area contributed by atoms with Crippen LogP contribution >= 0.6 is 0 Å². The molecule has 0 radical (unpaired) electrons. The van der Waals surface area contributed by atoms with Crippen molar-refractivity contribution in [2.24, 2.45) is 11.3 Å². The lowest BCUT2D eigenvalue weighted by molar-refractivity contribution is 0.0924. The highest BCUT2D eigenvalue weighted by Crippen LogP contribution is 2.35. The van der Waals surface area contributed by atoms with Crippen molar-refractivity contribution in [3.63, 3.8) is 0 Å². The van der Waals surface area contributed by atoms with Crippen LogP contribution in [0.2, 0.25) is 0 Å². The third kappa shape index (κ3) is 2.01. The molecule has 1 aliphatic rings. The van der Waals surface area contributed by atoms with E-state index in [0.29, 0.717) is 12.5 Å². The Bertz CT molecular complexity index is 181. The molecule has 2 N–H and O–H groups in total. The lowest BCUT2D eigenvalue weighted by atomic mass is 9.74. The molecule has 0 aromatic heterocycles. The number of aliphatic hydroxyl groups is 1. The topological polar surface area (TPSA) is 32.3 Å². The van der Waals surface area contributed by atoms with Crippen molar-refractivity contribution < 1.29 is 5.11 Å². The Hall–Kier alpha value is -0.500. The highest BCUT2D eigenvalue weighted by atomic mass is 16.3. The van der Waals surface area contributed by atoms with Gasteiger partial charge in [0.2, 0.25) is 0 Å². The summed E-state index contributed by atoms with van der Waals surface area (Å²) >= 11 is 0. The lowest BCUT2D eigenvalue weighted by Gasteiger charge is -2.38. The Morgan fingerprint density at radius 2 is 2.08 bits per heavy atom.